The molecule has 0 bridgehead atoms. The first-order valence-electron chi connectivity index (χ1n) is 12.4. The highest BCUT2D eigenvalue weighted by atomic mass is 32.1. The average Bonchev–Trinajstić information content (AvgIpc) is 3.53. The lowest BCUT2D eigenvalue weighted by atomic mass is 10.0. The highest BCUT2D eigenvalue weighted by Crippen LogP contribution is 2.32. The van der Waals surface area contributed by atoms with Gasteiger partial charge in [0.25, 0.3) is 5.56 Å². The monoisotopic (exact) mass is 492 g/mol. The standard InChI is InChI=1S/C27H36N6OS/c1-7-10-23(25-29-30-31-33(25)27(5,6)8-2)32(17-22-11-9-14-35-22)16-21-15-20-13-12-18(3)19(4)24(20)28-26(21)34/h9,11-15,23H,7-8,10,16-17H2,1-6H3,(H,28,34)/t23-/m0/s1. The number of H-pyrrole nitrogens is 1. The Balaban J connectivity index is 1.79. The zero-order valence-corrected chi connectivity index (χ0v) is 22.4. The molecule has 4 rings (SSSR count). The number of benzene rings is 1. The van der Waals surface area contributed by atoms with Crippen molar-refractivity contribution >= 4 is 22.2 Å². The second-order valence-corrected chi connectivity index (χ2v) is 11.0. The molecule has 3 heterocycles. The molecule has 0 aliphatic carbocycles. The number of hydrogen-bond donors (Lipinski definition) is 1. The van der Waals surface area contributed by atoms with Crippen LogP contribution in [0.2, 0.25) is 0 Å². The van der Waals surface area contributed by atoms with Crippen molar-refractivity contribution in [3.05, 3.63) is 73.5 Å². The van der Waals surface area contributed by atoms with Crippen LogP contribution in [-0.2, 0) is 18.6 Å². The number of thiophene rings is 1. The molecular weight excluding hydrogens is 456 g/mol. The minimum atomic E-state index is -0.199. The number of pyridine rings is 1. The van der Waals surface area contributed by atoms with E-state index in [9.17, 15) is 4.79 Å². The molecule has 0 aliphatic heterocycles. The van der Waals surface area contributed by atoms with E-state index in [0.717, 1.165) is 53.7 Å². The van der Waals surface area contributed by atoms with E-state index in [-0.39, 0.29) is 17.1 Å². The zero-order valence-electron chi connectivity index (χ0n) is 21.6. The fourth-order valence-electron chi connectivity index (χ4n) is 4.52. The van der Waals surface area contributed by atoms with Gasteiger partial charge in [0.1, 0.15) is 0 Å². The van der Waals surface area contributed by atoms with E-state index in [2.05, 4.69) is 96.6 Å². The van der Waals surface area contributed by atoms with E-state index < -0.39 is 0 Å². The fourth-order valence-corrected chi connectivity index (χ4v) is 5.25. The van der Waals surface area contributed by atoms with Crippen LogP contribution in [-0.4, -0.2) is 30.1 Å². The van der Waals surface area contributed by atoms with Crippen molar-refractivity contribution in [3.8, 4) is 0 Å². The molecule has 7 nitrogen and oxygen atoms in total. The molecule has 0 saturated heterocycles. The Morgan fingerprint density at radius 1 is 1.17 bits per heavy atom. The third-order valence-electron chi connectivity index (χ3n) is 7.17. The third-order valence-corrected chi connectivity index (χ3v) is 8.03. The molecule has 0 unspecified atom stereocenters. The summed E-state index contributed by atoms with van der Waals surface area (Å²) >= 11 is 1.73. The van der Waals surface area contributed by atoms with Crippen LogP contribution < -0.4 is 5.56 Å². The molecule has 1 aromatic carbocycles. The maximum absolute atomic E-state index is 13.2. The van der Waals surface area contributed by atoms with Gasteiger partial charge < -0.3 is 4.98 Å². The molecule has 186 valence electrons. The molecule has 3 aromatic heterocycles. The van der Waals surface area contributed by atoms with E-state index in [4.69, 9.17) is 0 Å². The maximum atomic E-state index is 13.2. The quantitative estimate of drug-likeness (QED) is 0.299. The Labute approximate surface area is 211 Å². The number of rotatable bonds is 10. The molecule has 1 N–H and O–H groups in total. The lowest BCUT2D eigenvalue weighted by Gasteiger charge is -2.33. The van der Waals surface area contributed by atoms with E-state index >= 15 is 0 Å². The Morgan fingerprint density at radius 3 is 2.66 bits per heavy atom. The van der Waals surface area contributed by atoms with Gasteiger partial charge in [-0.2, -0.15) is 0 Å². The largest absolute Gasteiger partial charge is 0.321 e. The van der Waals surface area contributed by atoms with E-state index in [1.807, 2.05) is 10.7 Å². The minimum absolute atomic E-state index is 0.0159. The van der Waals surface area contributed by atoms with Crippen LogP contribution in [0.4, 0.5) is 0 Å². The molecule has 0 spiro atoms. The topological polar surface area (TPSA) is 79.7 Å². The van der Waals surface area contributed by atoms with Crippen LogP contribution in [0.5, 0.6) is 0 Å². The number of tetrazole rings is 1. The molecule has 0 fully saturated rings. The van der Waals surface area contributed by atoms with Gasteiger partial charge in [0, 0.05) is 23.5 Å². The molecule has 0 radical (unpaired) electrons. The van der Waals surface area contributed by atoms with Gasteiger partial charge in [-0.25, -0.2) is 4.68 Å². The summed E-state index contributed by atoms with van der Waals surface area (Å²) in [6, 6.07) is 10.5. The predicted molar refractivity (Wildman–Crippen MR) is 143 cm³/mol. The van der Waals surface area contributed by atoms with Gasteiger partial charge in [0.15, 0.2) is 5.82 Å². The molecule has 4 aromatic rings. The summed E-state index contributed by atoms with van der Waals surface area (Å²) in [6.07, 6.45) is 2.80. The minimum Gasteiger partial charge on any atom is -0.321 e. The number of fused-ring (bicyclic) bond motifs is 1. The van der Waals surface area contributed by atoms with Gasteiger partial charge in [0.05, 0.1) is 17.1 Å². The molecule has 0 amide bonds. The van der Waals surface area contributed by atoms with Crippen molar-refractivity contribution in [1.82, 2.24) is 30.1 Å². The number of hydrogen-bond acceptors (Lipinski definition) is 6. The Bertz CT molecular complexity index is 1340. The van der Waals surface area contributed by atoms with Crippen LogP contribution in [0, 0.1) is 13.8 Å². The summed E-state index contributed by atoms with van der Waals surface area (Å²) < 4.78 is 1.98. The van der Waals surface area contributed by atoms with Crippen molar-refractivity contribution < 1.29 is 0 Å². The van der Waals surface area contributed by atoms with Gasteiger partial charge in [-0.05, 0) is 85.0 Å². The molecule has 0 saturated carbocycles. The van der Waals surface area contributed by atoms with Gasteiger partial charge in [0.2, 0.25) is 0 Å². The van der Waals surface area contributed by atoms with Crippen molar-refractivity contribution in [2.75, 3.05) is 0 Å². The predicted octanol–water partition coefficient (Wildman–Crippen LogP) is 5.88. The summed E-state index contributed by atoms with van der Waals surface area (Å²) in [5.41, 5.74) is 3.73. The number of nitrogens with one attached hydrogen (secondary N) is 1. The van der Waals surface area contributed by atoms with Crippen molar-refractivity contribution in [1.29, 1.82) is 0 Å². The molecule has 35 heavy (non-hydrogen) atoms. The first-order chi connectivity index (χ1) is 16.7. The Morgan fingerprint density at radius 2 is 1.97 bits per heavy atom. The van der Waals surface area contributed by atoms with Crippen LogP contribution in [0.1, 0.15) is 80.4 Å². The summed E-state index contributed by atoms with van der Waals surface area (Å²) in [5, 5.41) is 16.1. The Kier molecular flexibility index (Phi) is 7.52. The SMILES string of the molecule is CCC[C@@H](c1nnnn1C(C)(C)CC)N(Cc1cccs1)Cc1cc2ccc(C)c(C)c2[nH]c1=O. The zero-order chi connectivity index (χ0) is 25.2. The van der Waals surface area contributed by atoms with E-state index in [0.29, 0.717) is 6.54 Å². The molecule has 1 atom stereocenters. The van der Waals surface area contributed by atoms with Gasteiger partial charge in [-0.15, -0.1) is 16.4 Å². The molecule has 0 aliphatic rings. The normalized spacial score (nSPS) is 13.1. The van der Waals surface area contributed by atoms with Gasteiger partial charge in [-0.1, -0.05) is 38.5 Å². The van der Waals surface area contributed by atoms with Crippen molar-refractivity contribution in [2.45, 2.75) is 85.5 Å². The van der Waals surface area contributed by atoms with Crippen LogP contribution >= 0.6 is 11.3 Å². The highest BCUT2D eigenvalue weighted by Gasteiger charge is 2.31. The van der Waals surface area contributed by atoms with Crippen LogP contribution in [0.3, 0.4) is 0 Å². The first-order valence-corrected chi connectivity index (χ1v) is 13.3. The molecular formula is C27H36N6OS. The summed E-state index contributed by atoms with van der Waals surface area (Å²) in [6.45, 7) is 14.0. The number of aromatic amines is 1. The summed E-state index contributed by atoms with van der Waals surface area (Å²) in [7, 11) is 0. The average molecular weight is 493 g/mol. The first kappa shape index (κ1) is 25.3. The summed E-state index contributed by atoms with van der Waals surface area (Å²) in [5.74, 6) is 0.860. The second-order valence-electron chi connectivity index (χ2n) is 10.00. The lowest BCUT2D eigenvalue weighted by Crippen LogP contribution is -2.36. The fraction of sp³-hybridized carbons (Fsp3) is 0.481. The smallest absolute Gasteiger partial charge is 0.252 e. The molecule has 8 heteroatoms. The lowest BCUT2D eigenvalue weighted by molar-refractivity contribution is 0.147. The summed E-state index contributed by atoms with van der Waals surface area (Å²) in [4.78, 5) is 20.0. The highest BCUT2D eigenvalue weighted by molar-refractivity contribution is 7.09. The third kappa shape index (κ3) is 5.23. The number of aryl methyl sites for hydroxylation is 2. The van der Waals surface area contributed by atoms with E-state index in [1.165, 1.54) is 10.4 Å². The van der Waals surface area contributed by atoms with Gasteiger partial charge >= 0.3 is 0 Å². The van der Waals surface area contributed by atoms with E-state index in [1.54, 1.807) is 11.3 Å². The van der Waals surface area contributed by atoms with Gasteiger partial charge in [-0.3, -0.25) is 9.69 Å². The number of aromatic nitrogens is 5. The van der Waals surface area contributed by atoms with Crippen molar-refractivity contribution in [2.24, 2.45) is 0 Å². The Hall–Kier alpha value is -2.84. The van der Waals surface area contributed by atoms with Crippen LogP contribution in [0.15, 0.2) is 40.5 Å². The second kappa shape index (κ2) is 10.4. The maximum Gasteiger partial charge on any atom is 0.252 e. The van der Waals surface area contributed by atoms with Crippen molar-refractivity contribution in [3.63, 3.8) is 0 Å². The number of nitrogens with zero attached hydrogens (tertiary/aromatic N) is 5. The van der Waals surface area contributed by atoms with Crippen LogP contribution in [0.25, 0.3) is 10.9 Å².